The van der Waals surface area contributed by atoms with Gasteiger partial charge in [-0.2, -0.15) is 0 Å². The van der Waals surface area contributed by atoms with Crippen LogP contribution in [0.3, 0.4) is 0 Å². The zero-order chi connectivity index (χ0) is 15.1. The fraction of sp³-hybridized carbons (Fsp3) is 0.545. The monoisotopic (exact) mass is 274 g/mol. The summed E-state index contributed by atoms with van der Waals surface area (Å²) in [7, 11) is 0. The Labute approximate surface area is 110 Å². The molecule has 0 aliphatic heterocycles. The third-order valence-electron chi connectivity index (χ3n) is 2.02. The maximum absolute atomic E-state index is 11.6. The predicted octanol–water partition coefficient (Wildman–Crippen LogP) is -0.872. The lowest BCUT2D eigenvalue weighted by Crippen LogP contribution is -2.56. The van der Waals surface area contributed by atoms with Gasteiger partial charge in [0, 0.05) is 12.0 Å². The first-order chi connectivity index (χ1) is 8.76. The van der Waals surface area contributed by atoms with Crippen molar-refractivity contribution < 1.29 is 29.3 Å². The molecule has 8 heteroatoms. The molecule has 1 unspecified atom stereocenters. The molecule has 0 aliphatic rings. The van der Waals surface area contributed by atoms with Crippen LogP contribution in [-0.2, 0) is 24.2 Å². The standard InChI is InChI=1S/C11H18N2O6/c1-4-5-11(17,13-8(14)6-12)10(16)19-18-9(15)7(2)3/h17H,2,4-6,12H2,1,3H3,(H,13,14). The number of hydrogen-bond donors (Lipinski definition) is 3. The highest BCUT2D eigenvalue weighted by molar-refractivity contribution is 5.89. The highest BCUT2D eigenvalue weighted by Gasteiger charge is 2.40. The molecule has 0 saturated heterocycles. The van der Waals surface area contributed by atoms with Crippen LogP contribution in [0.1, 0.15) is 26.7 Å². The van der Waals surface area contributed by atoms with Crippen LogP contribution >= 0.6 is 0 Å². The number of aliphatic hydroxyl groups is 1. The molecule has 0 fully saturated rings. The third kappa shape index (κ3) is 5.49. The topological polar surface area (TPSA) is 128 Å². The number of amides is 1. The normalized spacial score (nSPS) is 13.1. The zero-order valence-corrected chi connectivity index (χ0v) is 10.9. The van der Waals surface area contributed by atoms with Gasteiger partial charge in [-0.05, 0) is 6.92 Å². The van der Waals surface area contributed by atoms with Gasteiger partial charge in [0.25, 0.3) is 0 Å². The molecule has 0 aromatic carbocycles. The molecule has 4 N–H and O–H groups in total. The van der Waals surface area contributed by atoms with E-state index in [1.165, 1.54) is 6.92 Å². The molecule has 0 radical (unpaired) electrons. The van der Waals surface area contributed by atoms with Gasteiger partial charge in [0.15, 0.2) is 0 Å². The minimum atomic E-state index is -2.29. The Kier molecular flexibility index (Phi) is 6.73. The van der Waals surface area contributed by atoms with Crippen molar-refractivity contribution in [1.29, 1.82) is 0 Å². The van der Waals surface area contributed by atoms with Crippen molar-refractivity contribution in [1.82, 2.24) is 5.32 Å². The van der Waals surface area contributed by atoms with Gasteiger partial charge in [-0.15, -0.1) is 0 Å². The van der Waals surface area contributed by atoms with Crippen LogP contribution in [0.4, 0.5) is 0 Å². The molecule has 108 valence electrons. The van der Waals surface area contributed by atoms with Crippen molar-refractivity contribution in [3.05, 3.63) is 12.2 Å². The Balaban J connectivity index is 4.69. The van der Waals surface area contributed by atoms with Crippen LogP contribution in [-0.4, -0.2) is 35.2 Å². The van der Waals surface area contributed by atoms with E-state index in [9.17, 15) is 19.5 Å². The van der Waals surface area contributed by atoms with Crippen molar-refractivity contribution in [2.75, 3.05) is 6.54 Å². The van der Waals surface area contributed by atoms with Crippen LogP contribution in [0.2, 0.25) is 0 Å². The molecule has 0 spiro atoms. The number of nitrogens with two attached hydrogens (primary N) is 1. The second kappa shape index (κ2) is 7.49. The SMILES string of the molecule is C=C(C)C(=O)OOC(=O)C(O)(CCC)NC(=O)CN. The zero-order valence-electron chi connectivity index (χ0n) is 10.9. The molecule has 1 atom stereocenters. The molecule has 0 bridgehead atoms. The summed E-state index contributed by atoms with van der Waals surface area (Å²) in [6.07, 6.45) is 0.243. The van der Waals surface area contributed by atoms with Crippen LogP contribution < -0.4 is 11.1 Å². The van der Waals surface area contributed by atoms with E-state index >= 15 is 0 Å². The lowest BCUT2D eigenvalue weighted by Gasteiger charge is -2.24. The Bertz CT molecular complexity index is 381. The second-order valence-corrected chi connectivity index (χ2v) is 3.88. The minimum absolute atomic E-state index is 0.0119. The molecular weight excluding hydrogens is 256 g/mol. The molecule has 19 heavy (non-hydrogen) atoms. The Morgan fingerprint density at radius 3 is 2.37 bits per heavy atom. The molecule has 0 aromatic rings. The smallest absolute Gasteiger partial charge is 0.362 e. The summed E-state index contributed by atoms with van der Waals surface area (Å²) in [5.41, 5.74) is 2.79. The van der Waals surface area contributed by atoms with Gasteiger partial charge < -0.3 is 16.2 Å². The average molecular weight is 274 g/mol. The highest BCUT2D eigenvalue weighted by Crippen LogP contribution is 2.12. The lowest BCUT2D eigenvalue weighted by atomic mass is 10.1. The molecule has 0 rings (SSSR count). The minimum Gasteiger partial charge on any atom is -0.362 e. The first kappa shape index (κ1) is 17.1. The van der Waals surface area contributed by atoms with Crippen LogP contribution in [0, 0.1) is 0 Å². The van der Waals surface area contributed by atoms with Crippen molar-refractivity contribution in [3.8, 4) is 0 Å². The molecule has 8 nitrogen and oxygen atoms in total. The summed E-state index contributed by atoms with van der Waals surface area (Å²) in [6, 6.07) is 0. The Morgan fingerprint density at radius 1 is 1.37 bits per heavy atom. The predicted molar refractivity (Wildman–Crippen MR) is 64.1 cm³/mol. The summed E-state index contributed by atoms with van der Waals surface area (Å²) in [4.78, 5) is 42.1. The van der Waals surface area contributed by atoms with E-state index in [-0.39, 0.29) is 12.0 Å². The van der Waals surface area contributed by atoms with E-state index in [2.05, 4.69) is 16.4 Å². The molecule has 0 heterocycles. The van der Waals surface area contributed by atoms with Gasteiger partial charge in [0.2, 0.25) is 11.6 Å². The van der Waals surface area contributed by atoms with Crippen molar-refractivity contribution in [2.24, 2.45) is 5.73 Å². The van der Waals surface area contributed by atoms with Crippen LogP contribution in [0.25, 0.3) is 0 Å². The van der Waals surface area contributed by atoms with Crippen molar-refractivity contribution >= 4 is 17.8 Å². The molecular formula is C11H18N2O6. The fourth-order valence-corrected chi connectivity index (χ4v) is 1.07. The number of nitrogens with one attached hydrogen (secondary N) is 1. The number of rotatable bonds is 6. The molecule has 0 aromatic heterocycles. The maximum Gasteiger partial charge on any atom is 0.407 e. The molecule has 0 saturated carbocycles. The van der Waals surface area contributed by atoms with Crippen LogP contribution in [0.5, 0.6) is 0 Å². The molecule has 0 aliphatic carbocycles. The molecule has 1 amide bonds. The Hall–Kier alpha value is -1.93. The van der Waals surface area contributed by atoms with Crippen molar-refractivity contribution in [2.45, 2.75) is 32.4 Å². The third-order valence-corrected chi connectivity index (χ3v) is 2.02. The van der Waals surface area contributed by atoms with Gasteiger partial charge in [0.05, 0.1) is 6.54 Å². The van der Waals surface area contributed by atoms with E-state index in [1.54, 1.807) is 6.92 Å². The van der Waals surface area contributed by atoms with Crippen LogP contribution in [0.15, 0.2) is 12.2 Å². The summed E-state index contributed by atoms with van der Waals surface area (Å²) in [5, 5.41) is 12.0. The quantitative estimate of drug-likeness (QED) is 0.248. The van der Waals surface area contributed by atoms with Gasteiger partial charge in [-0.1, -0.05) is 19.9 Å². The summed E-state index contributed by atoms with van der Waals surface area (Å²) in [5.74, 6) is -3.03. The Morgan fingerprint density at radius 2 is 1.95 bits per heavy atom. The number of hydrogen-bond acceptors (Lipinski definition) is 7. The van der Waals surface area contributed by atoms with Gasteiger partial charge in [0.1, 0.15) is 0 Å². The van der Waals surface area contributed by atoms with E-state index in [0.717, 1.165) is 0 Å². The number of carbonyl (C=O) groups is 3. The van der Waals surface area contributed by atoms with E-state index in [4.69, 9.17) is 5.73 Å². The van der Waals surface area contributed by atoms with E-state index < -0.39 is 30.1 Å². The average Bonchev–Trinajstić information content (AvgIpc) is 2.35. The van der Waals surface area contributed by atoms with E-state index in [0.29, 0.717) is 6.42 Å². The second-order valence-electron chi connectivity index (χ2n) is 3.88. The summed E-state index contributed by atoms with van der Waals surface area (Å²) in [6.45, 7) is 5.89. The van der Waals surface area contributed by atoms with E-state index in [1.807, 2.05) is 5.32 Å². The largest absolute Gasteiger partial charge is 0.407 e. The fourth-order valence-electron chi connectivity index (χ4n) is 1.07. The number of carbonyl (C=O) groups excluding carboxylic acids is 3. The summed E-state index contributed by atoms with van der Waals surface area (Å²) >= 11 is 0. The van der Waals surface area contributed by atoms with Crippen molar-refractivity contribution in [3.63, 3.8) is 0 Å². The first-order valence-electron chi connectivity index (χ1n) is 5.59. The van der Waals surface area contributed by atoms with Gasteiger partial charge in [-0.25, -0.2) is 19.4 Å². The van der Waals surface area contributed by atoms with Gasteiger partial charge in [-0.3, -0.25) is 4.79 Å². The maximum atomic E-state index is 11.6. The highest BCUT2D eigenvalue weighted by atomic mass is 17.2. The van der Waals surface area contributed by atoms with Gasteiger partial charge >= 0.3 is 11.9 Å². The summed E-state index contributed by atoms with van der Waals surface area (Å²) < 4.78 is 0. The first-order valence-corrected chi connectivity index (χ1v) is 5.59. The lowest BCUT2D eigenvalue weighted by molar-refractivity contribution is -0.269.